The van der Waals surface area contributed by atoms with Crippen LogP contribution in [-0.2, 0) is 24.6 Å². The highest BCUT2D eigenvalue weighted by atomic mass is 35.5. The molecule has 1 saturated heterocycles. The molecule has 18 heavy (non-hydrogen) atoms. The van der Waals surface area contributed by atoms with E-state index in [1.54, 1.807) is 4.68 Å². The van der Waals surface area contributed by atoms with Crippen molar-refractivity contribution in [1.82, 2.24) is 9.78 Å². The molecule has 2 rings (SSSR count). The number of hydrogen-bond acceptors (Lipinski definition) is 3. The second-order valence-electron chi connectivity index (χ2n) is 5.22. The minimum absolute atomic E-state index is 0.0985. The number of halogens is 1. The number of nitrogens with zero attached hydrogens (tertiary/aromatic N) is 2. The molecule has 1 aromatic heterocycles. The van der Waals surface area contributed by atoms with Gasteiger partial charge in [0.05, 0.1) is 28.1 Å². The molecule has 2 unspecified atom stereocenters. The molecule has 0 radical (unpaired) electrons. The largest absolute Gasteiger partial charge is 0.389 e. The van der Waals surface area contributed by atoms with Crippen molar-refractivity contribution < 1.29 is 9.84 Å². The predicted molar refractivity (Wildman–Crippen MR) is 70.9 cm³/mol. The summed E-state index contributed by atoms with van der Waals surface area (Å²) < 4.78 is 7.27. The van der Waals surface area contributed by atoms with E-state index in [9.17, 15) is 5.11 Å². The van der Waals surface area contributed by atoms with Crippen LogP contribution in [0.15, 0.2) is 0 Å². The van der Waals surface area contributed by atoms with E-state index in [0.717, 1.165) is 17.8 Å². The molecule has 2 atom stereocenters. The zero-order chi connectivity index (χ0) is 13.3. The molecule has 102 valence electrons. The molecule has 5 heteroatoms. The van der Waals surface area contributed by atoms with Gasteiger partial charge < -0.3 is 9.84 Å². The molecule has 1 aliphatic rings. The number of hydrogen-bond donors (Lipinski definition) is 1. The van der Waals surface area contributed by atoms with E-state index in [-0.39, 0.29) is 6.10 Å². The summed E-state index contributed by atoms with van der Waals surface area (Å²) in [4.78, 5) is 0. The van der Waals surface area contributed by atoms with E-state index < -0.39 is 5.60 Å². The van der Waals surface area contributed by atoms with Crippen LogP contribution in [0.5, 0.6) is 0 Å². The van der Waals surface area contributed by atoms with Crippen molar-refractivity contribution in [2.24, 2.45) is 7.05 Å². The van der Waals surface area contributed by atoms with Gasteiger partial charge in [0.2, 0.25) is 0 Å². The van der Waals surface area contributed by atoms with Crippen molar-refractivity contribution in [3.8, 4) is 0 Å². The summed E-state index contributed by atoms with van der Waals surface area (Å²) in [6, 6.07) is 0. The molecule has 0 aliphatic carbocycles. The average molecular weight is 273 g/mol. The maximum atomic E-state index is 10.6. The van der Waals surface area contributed by atoms with Crippen molar-refractivity contribution >= 4 is 11.6 Å². The van der Waals surface area contributed by atoms with Gasteiger partial charge in [-0.2, -0.15) is 5.10 Å². The van der Waals surface area contributed by atoms with Gasteiger partial charge in [-0.3, -0.25) is 4.68 Å². The van der Waals surface area contributed by atoms with Crippen LogP contribution in [0.3, 0.4) is 0 Å². The smallest absolute Gasteiger partial charge is 0.0850 e. The first-order chi connectivity index (χ1) is 8.45. The second-order valence-corrected chi connectivity index (χ2v) is 5.60. The second kappa shape index (κ2) is 5.19. The lowest BCUT2D eigenvalue weighted by molar-refractivity contribution is -0.0968. The fraction of sp³-hybridized carbons (Fsp3) is 0.769. The molecule has 0 bridgehead atoms. The van der Waals surface area contributed by atoms with Crippen molar-refractivity contribution in [3.63, 3.8) is 0 Å². The molecule has 1 aromatic rings. The summed E-state index contributed by atoms with van der Waals surface area (Å²) >= 11 is 6.32. The van der Waals surface area contributed by atoms with E-state index >= 15 is 0 Å². The van der Waals surface area contributed by atoms with Gasteiger partial charge in [0.15, 0.2) is 0 Å². The highest BCUT2D eigenvalue weighted by Gasteiger charge is 2.35. The number of aromatic nitrogens is 2. The number of ether oxygens (including phenoxy) is 1. The fourth-order valence-corrected chi connectivity index (χ4v) is 2.99. The molecule has 0 aromatic carbocycles. The van der Waals surface area contributed by atoms with Crippen LogP contribution in [0.25, 0.3) is 0 Å². The maximum Gasteiger partial charge on any atom is 0.0850 e. The SMILES string of the molecule is CCc1nn(C)c(CC2(O)CCOC(C)C2)c1Cl. The Kier molecular flexibility index (Phi) is 3.99. The van der Waals surface area contributed by atoms with E-state index in [1.165, 1.54) is 0 Å². The minimum Gasteiger partial charge on any atom is -0.389 e. The Hall–Kier alpha value is -0.580. The lowest BCUT2D eigenvalue weighted by atomic mass is 9.86. The van der Waals surface area contributed by atoms with Gasteiger partial charge in [0.1, 0.15) is 0 Å². The van der Waals surface area contributed by atoms with Crippen LogP contribution in [-0.4, -0.2) is 33.2 Å². The average Bonchev–Trinajstić information content (AvgIpc) is 2.56. The summed E-state index contributed by atoms with van der Waals surface area (Å²) in [5.74, 6) is 0. The monoisotopic (exact) mass is 272 g/mol. The van der Waals surface area contributed by atoms with Crippen LogP contribution in [0.2, 0.25) is 5.02 Å². The van der Waals surface area contributed by atoms with Crippen LogP contribution in [0.1, 0.15) is 38.1 Å². The molecular formula is C13H21ClN2O2. The lowest BCUT2D eigenvalue weighted by Crippen LogP contribution is -2.42. The Bertz CT molecular complexity index is 433. The molecule has 0 saturated carbocycles. The van der Waals surface area contributed by atoms with Crippen LogP contribution in [0.4, 0.5) is 0 Å². The van der Waals surface area contributed by atoms with E-state index in [2.05, 4.69) is 5.10 Å². The number of rotatable bonds is 3. The zero-order valence-electron chi connectivity index (χ0n) is 11.2. The first-order valence-corrected chi connectivity index (χ1v) is 6.87. The highest BCUT2D eigenvalue weighted by molar-refractivity contribution is 6.31. The first kappa shape index (κ1) is 13.8. The molecular weight excluding hydrogens is 252 g/mol. The summed E-state index contributed by atoms with van der Waals surface area (Å²) in [5, 5.41) is 15.7. The molecule has 0 amide bonds. The van der Waals surface area contributed by atoms with Crippen LogP contribution >= 0.6 is 11.6 Å². The number of aliphatic hydroxyl groups is 1. The first-order valence-electron chi connectivity index (χ1n) is 6.49. The topological polar surface area (TPSA) is 47.3 Å². The van der Waals surface area contributed by atoms with Crippen LogP contribution < -0.4 is 0 Å². The Labute approximate surface area is 113 Å². The van der Waals surface area contributed by atoms with Gasteiger partial charge in [-0.05, 0) is 19.8 Å². The number of aryl methyl sites for hydroxylation is 2. The van der Waals surface area contributed by atoms with Gasteiger partial charge in [0, 0.05) is 26.5 Å². The third-order valence-electron chi connectivity index (χ3n) is 3.64. The third-order valence-corrected chi connectivity index (χ3v) is 4.07. The fourth-order valence-electron chi connectivity index (χ4n) is 2.63. The van der Waals surface area contributed by atoms with E-state index in [1.807, 2.05) is 20.9 Å². The Morgan fingerprint density at radius 1 is 1.61 bits per heavy atom. The molecule has 1 aliphatic heterocycles. The van der Waals surface area contributed by atoms with Crippen LogP contribution in [0, 0.1) is 0 Å². The zero-order valence-corrected chi connectivity index (χ0v) is 12.0. The maximum absolute atomic E-state index is 10.6. The predicted octanol–water partition coefficient (Wildman–Crippen LogP) is 2.11. The Morgan fingerprint density at radius 3 is 2.89 bits per heavy atom. The lowest BCUT2D eigenvalue weighted by Gasteiger charge is -2.35. The summed E-state index contributed by atoms with van der Waals surface area (Å²) in [7, 11) is 1.88. The third kappa shape index (κ3) is 2.71. The van der Waals surface area contributed by atoms with Crippen molar-refractivity contribution in [2.45, 2.75) is 51.2 Å². The van der Waals surface area contributed by atoms with Gasteiger partial charge >= 0.3 is 0 Å². The normalized spacial score (nSPS) is 28.6. The minimum atomic E-state index is -0.722. The Morgan fingerprint density at radius 2 is 2.33 bits per heavy atom. The molecule has 1 N–H and O–H groups in total. The van der Waals surface area contributed by atoms with E-state index in [0.29, 0.717) is 30.9 Å². The molecule has 1 fully saturated rings. The van der Waals surface area contributed by atoms with Crippen molar-refractivity contribution in [1.29, 1.82) is 0 Å². The van der Waals surface area contributed by atoms with Gasteiger partial charge in [-0.1, -0.05) is 18.5 Å². The highest BCUT2D eigenvalue weighted by Crippen LogP contribution is 2.31. The molecule has 0 spiro atoms. The summed E-state index contributed by atoms with van der Waals surface area (Å²) in [5.41, 5.74) is 1.10. The van der Waals surface area contributed by atoms with Gasteiger partial charge in [0.25, 0.3) is 0 Å². The standard InChI is InChI=1S/C13H21ClN2O2/c1-4-10-12(14)11(16(3)15-10)8-13(17)5-6-18-9(2)7-13/h9,17H,4-8H2,1-3H3. The van der Waals surface area contributed by atoms with Crippen molar-refractivity contribution in [3.05, 3.63) is 16.4 Å². The Balaban J connectivity index is 2.20. The summed E-state index contributed by atoms with van der Waals surface area (Å²) in [6.45, 7) is 4.63. The van der Waals surface area contributed by atoms with Crippen molar-refractivity contribution in [2.75, 3.05) is 6.61 Å². The summed E-state index contributed by atoms with van der Waals surface area (Å²) in [6.07, 6.45) is 2.76. The quantitative estimate of drug-likeness (QED) is 0.917. The van der Waals surface area contributed by atoms with Gasteiger partial charge in [-0.15, -0.1) is 0 Å². The molecule has 4 nitrogen and oxygen atoms in total. The van der Waals surface area contributed by atoms with Gasteiger partial charge in [-0.25, -0.2) is 0 Å². The van der Waals surface area contributed by atoms with E-state index in [4.69, 9.17) is 16.3 Å². The molecule has 2 heterocycles.